The fourth-order valence-electron chi connectivity index (χ4n) is 2.61. The molecule has 1 aliphatic rings. The molecule has 0 aromatic heterocycles. The predicted octanol–water partition coefficient (Wildman–Crippen LogP) is 2.31. The SMILES string of the molecule is CNC(=O)C1CCCCN1Cc1ccc(C#N)cc1Cl. The first kappa shape index (κ1) is 14.8. The zero-order valence-electron chi connectivity index (χ0n) is 11.5. The third-order valence-corrected chi connectivity index (χ3v) is 4.07. The maximum absolute atomic E-state index is 11.9. The summed E-state index contributed by atoms with van der Waals surface area (Å²) < 4.78 is 0. The minimum Gasteiger partial charge on any atom is -0.358 e. The Hall–Kier alpha value is -1.57. The van der Waals surface area contributed by atoms with E-state index in [2.05, 4.69) is 16.3 Å². The third kappa shape index (κ3) is 3.30. The molecule has 1 aromatic carbocycles. The summed E-state index contributed by atoms with van der Waals surface area (Å²) in [5.41, 5.74) is 1.52. The molecule has 1 saturated heterocycles. The monoisotopic (exact) mass is 291 g/mol. The van der Waals surface area contributed by atoms with Gasteiger partial charge in [-0.1, -0.05) is 24.1 Å². The number of hydrogen-bond donors (Lipinski definition) is 1. The first-order valence-corrected chi connectivity index (χ1v) is 7.17. The van der Waals surface area contributed by atoms with Crippen molar-refractivity contribution >= 4 is 17.5 Å². The number of nitrogens with zero attached hydrogens (tertiary/aromatic N) is 2. The van der Waals surface area contributed by atoms with E-state index in [9.17, 15) is 4.79 Å². The normalized spacial score (nSPS) is 19.4. The Morgan fingerprint density at radius 3 is 3.00 bits per heavy atom. The molecule has 20 heavy (non-hydrogen) atoms. The molecule has 0 bridgehead atoms. The Kier molecular flexibility index (Phi) is 4.99. The molecule has 0 radical (unpaired) electrons. The van der Waals surface area contributed by atoms with Crippen LogP contribution >= 0.6 is 11.6 Å². The van der Waals surface area contributed by atoms with Crippen molar-refractivity contribution in [1.82, 2.24) is 10.2 Å². The zero-order valence-corrected chi connectivity index (χ0v) is 12.3. The van der Waals surface area contributed by atoms with Gasteiger partial charge in [0.05, 0.1) is 17.7 Å². The van der Waals surface area contributed by atoms with Gasteiger partial charge >= 0.3 is 0 Å². The molecule has 1 atom stereocenters. The van der Waals surface area contributed by atoms with Crippen molar-refractivity contribution in [3.05, 3.63) is 34.3 Å². The van der Waals surface area contributed by atoms with Crippen LogP contribution in [0, 0.1) is 11.3 Å². The Morgan fingerprint density at radius 1 is 1.55 bits per heavy atom. The highest BCUT2D eigenvalue weighted by Gasteiger charge is 2.28. The van der Waals surface area contributed by atoms with Gasteiger partial charge in [-0.2, -0.15) is 5.26 Å². The Bertz CT molecular complexity index is 538. The highest BCUT2D eigenvalue weighted by atomic mass is 35.5. The van der Waals surface area contributed by atoms with Gasteiger partial charge in [0.2, 0.25) is 5.91 Å². The standard InChI is InChI=1S/C15H18ClN3O/c1-18-15(20)14-4-2-3-7-19(14)10-12-6-5-11(9-17)8-13(12)16/h5-6,8,14H,2-4,7,10H2,1H3,(H,18,20). The van der Waals surface area contributed by atoms with E-state index < -0.39 is 0 Å². The summed E-state index contributed by atoms with van der Waals surface area (Å²) in [7, 11) is 1.67. The van der Waals surface area contributed by atoms with Gasteiger partial charge < -0.3 is 5.32 Å². The van der Waals surface area contributed by atoms with Crippen LogP contribution in [0.5, 0.6) is 0 Å². The second kappa shape index (κ2) is 6.74. The van der Waals surface area contributed by atoms with Gasteiger partial charge in [0.1, 0.15) is 0 Å². The summed E-state index contributed by atoms with van der Waals surface area (Å²) in [6, 6.07) is 7.30. The number of amides is 1. The van der Waals surface area contributed by atoms with Crippen molar-refractivity contribution in [2.75, 3.05) is 13.6 Å². The summed E-state index contributed by atoms with van der Waals surface area (Å²) in [6.45, 7) is 1.54. The van der Waals surface area contributed by atoms with Crippen LogP contribution in [0.2, 0.25) is 5.02 Å². The third-order valence-electron chi connectivity index (χ3n) is 3.72. The van der Waals surface area contributed by atoms with Crippen LogP contribution in [-0.4, -0.2) is 30.4 Å². The number of halogens is 1. The van der Waals surface area contributed by atoms with E-state index >= 15 is 0 Å². The van der Waals surface area contributed by atoms with Gasteiger partial charge in [0.15, 0.2) is 0 Å². The minimum absolute atomic E-state index is 0.0643. The number of likely N-dealkylation sites (N-methyl/N-ethyl adjacent to an activating group) is 1. The van der Waals surface area contributed by atoms with Crippen LogP contribution in [0.4, 0.5) is 0 Å². The molecule has 1 aliphatic heterocycles. The molecule has 2 rings (SSSR count). The van der Waals surface area contributed by atoms with E-state index in [1.807, 2.05) is 6.07 Å². The molecule has 0 spiro atoms. The van der Waals surface area contributed by atoms with Crippen molar-refractivity contribution < 1.29 is 4.79 Å². The molecule has 1 aromatic rings. The van der Waals surface area contributed by atoms with E-state index in [0.29, 0.717) is 17.1 Å². The lowest BCUT2D eigenvalue weighted by molar-refractivity contribution is -0.127. The average Bonchev–Trinajstić information content (AvgIpc) is 2.49. The van der Waals surface area contributed by atoms with E-state index in [4.69, 9.17) is 16.9 Å². The number of piperidine rings is 1. The van der Waals surface area contributed by atoms with Crippen molar-refractivity contribution in [3.63, 3.8) is 0 Å². The smallest absolute Gasteiger partial charge is 0.237 e. The first-order chi connectivity index (χ1) is 9.65. The van der Waals surface area contributed by atoms with E-state index in [1.54, 1.807) is 19.2 Å². The molecule has 0 aliphatic carbocycles. The van der Waals surface area contributed by atoms with Crippen LogP contribution in [-0.2, 0) is 11.3 Å². The fourth-order valence-corrected chi connectivity index (χ4v) is 2.85. The van der Waals surface area contributed by atoms with Crippen molar-refractivity contribution in [1.29, 1.82) is 5.26 Å². The van der Waals surface area contributed by atoms with Gasteiger partial charge in [-0.3, -0.25) is 9.69 Å². The van der Waals surface area contributed by atoms with E-state index in [0.717, 1.165) is 31.4 Å². The van der Waals surface area contributed by atoms with Crippen LogP contribution in [0.25, 0.3) is 0 Å². The lowest BCUT2D eigenvalue weighted by Crippen LogP contribution is -2.48. The predicted molar refractivity (Wildman–Crippen MR) is 78.3 cm³/mol. The van der Waals surface area contributed by atoms with Crippen molar-refractivity contribution in [3.8, 4) is 6.07 Å². The number of carbonyl (C=O) groups excluding carboxylic acids is 1. The molecule has 0 saturated carbocycles. The van der Waals surface area contributed by atoms with Crippen molar-refractivity contribution in [2.24, 2.45) is 0 Å². The summed E-state index contributed by atoms with van der Waals surface area (Å²) in [4.78, 5) is 14.1. The molecule has 1 amide bonds. The average molecular weight is 292 g/mol. The van der Waals surface area contributed by atoms with E-state index in [1.165, 1.54) is 0 Å². The first-order valence-electron chi connectivity index (χ1n) is 6.80. The second-order valence-electron chi connectivity index (χ2n) is 5.01. The number of carbonyl (C=O) groups is 1. The summed E-state index contributed by atoms with van der Waals surface area (Å²) in [5, 5.41) is 12.2. The van der Waals surface area contributed by atoms with Crippen molar-refractivity contribution in [2.45, 2.75) is 31.8 Å². The summed E-state index contributed by atoms with van der Waals surface area (Å²) >= 11 is 6.21. The highest BCUT2D eigenvalue weighted by molar-refractivity contribution is 6.31. The largest absolute Gasteiger partial charge is 0.358 e. The number of likely N-dealkylation sites (tertiary alicyclic amines) is 1. The topological polar surface area (TPSA) is 56.1 Å². The van der Waals surface area contributed by atoms with Gasteiger partial charge in [0, 0.05) is 18.6 Å². The molecular weight excluding hydrogens is 274 g/mol. The number of hydrogen-bond acceptors (Lipinski definition) is 3. The van der Waals surface area contributed by atoms with Gasteiger partial charge in [-0.15, -0.1) is 0 Å². The molecule has 5 heteroatoms. The molecule has 1 unspecified atom stereocenters. The lowest BCUT2D eigenvalue weighted by Gasteiger charge is -2.34. The molecule has 106 valence electrons. The molecule has 1 heterocycles. The van der Waals surface area contributed by atoms with Crippen LogP contribution in [0.1, 0.15) is 30.4 Å². The van der Waals surface area contributed by atoms with Gasteiger partial charge in [-0.05, 0) is 37.1 Å². The number of nitriles is 1. The Morgan fingerprint density at radius 2 is 2.35 bits per heavy atom. The number of rotatable bonds is 3. The molecule has 1 fully saturated rings. The van der Waals surface area contributed by atoms with Crippen LogP contribution < -0.4 is 5.32 Å². The lowest BCUT2D eigenvalue weighted by atomic mass is 10.00. The van der Waals surface area contributed by atoms with E-state index in [-0.39, 0.29) is 11.9 Å². The number of benzene rings is 1. The van der Waals surface area contributed by atoms with Crippen LogP contribution in [0.3, 0.4) is 0 Å². The minimum atomic E-state index is -0.0829. The second-order valence-corrected chi connectivity index (χ2v) is 5.42. The molecule has 4 nitrogen and oxygen atoms in total. The summed E-state index contributed by atoms with van der Waals surface area (Å²) in [6.07, 6.45) is 3.06. The maximum Gasteiger partial charge on any atom is 0.237 e. The molecule has 1 N–H and O–H groups in total. The van der Waals surface area contributed by atoms with Gasteiger partial charge in [0.25, 0.3) is 0 Å². The van der Waals surface area contributed by atoms with Gasteiger partial charge in [-0.25, -0.2) is 0 Å². The number of nitrogens with one attached hydrogen (secondary N) is 1. The highest BCUT2D eigenvalue weighted by Crippen LogP contribution is 2.24. The Labute approximate surface area is 124 Å². The molecular formula is C15H18ClN3O. The van der Waals surface area contributed by atoms with Crippen LogP contribution in [0.15, 0.2) is 18.2 Å². The fraction of sp³-hybridized carbons (Fsp3) is 0.467. The summed E-state index contributed by atoms with van der Waals surface area (Å²) in [5.74, 6) is 0.0643. The zero-order chi connectivity index (χ0) is 14.5. The Balaban J connectivity index is 2.15. The quantitative estimate of drug-likeness (QED) is 0.930. The maximum atomic E-state index is 11.9.